The molecule has 0 bridgehead atoms. The first-order valence-electron chi connectivity index (χ1n) is 4.65. The Hall–Kier alpha value is -1.35. The van der Waals surface area contributed by atoms with E-state index in [2.05, 4.69) is 9.97 Å². The van der Waals surface area contributed by atoms with E-state index in [1.165, 1.54) is 0 Å². The molecular weight excluding hydrogens is 212 g/mol. The van der Waals surface area contributed by atoms with E-state index in [0.717, 1.165) is 16.8 Å². The molecule has 0 aliphatic heterocycles. The van der Waals surface area contributed by atoms with Crippen LogP contribution in [0.3, 0.4) is 0 Å². The number of alkyl halides is 1. The van der Waals surface area contributed by atoms with Gasteiger partial charge in [-0.2, -0.15) is 0 Å². The zero-order valence-corrected chi connectivity index (χ0v) is 9.38. The van der Waals surface area contributed by atoms with Gasteiger partial charge in [0.2, 0.25) is 0 Å². The number of hydrogen-bond acceptors (Lipinski definition) is 3. The highest BCUT2D eigenvalue weighted by molar-refractivity contribution is 6.17. The summed E-state index contributed by atoms with van der Waals surface area (Å²) in [7, 11) is 0. The minimum absolute atomic E-state index is 0.390. The van der Waals surface area contributed by atoms with Crippen molar-refractivity contribution in [2.45, 2.75) is 19.7 Å². The van der Waals surface area contributed by atoms with Crippen molar-refractivity contribution in [3.05, 3.63) is 35.3 Å². The van der Waals surface area contributed by atoms with Crippen LogP contribution in [-0.2, 0) is 5.88 Å². The SMILES string of the molecule is Cc1cnc(-c2occc2C)nc1CCl. The summed E-state index contributed by atoms with van der Waals surface area (Å²) < 4.78 is 5.32. The van der Waals surface area contributed by atoms with Crippen LogP contribution < -0.4 is 0 Å². The van der Waals surface area contributed by atoms with Gasteiger partial charge in [0.15, 0.2) is 11.6 Å². The summed E-state index contributed by atoms with van der Waals surface area (Å²) in [5, 5.41) is 0. The number of hydrogen-bond donors (Lipinski definition) is 0. The van der Waals surface area contributed by atoms with Crippen LogP contribution in [0, 0.1) is 13.8 Å². The van der Waals surface area contributed by atoms with Gasteiger partial charge in [-0.3, -0.25) is 0 Å². The number of aryl methyl sites for hydroxylation is 2. The van der Waals surface area contributed by atoms with Gasteiger partial charge in [-0.1, -0.05) is 0 Å². The molecule has 78 valence electrons. The summed E-state index contributed by atoms with van der Waals surface area (Å²) in [6, 6.07) is 1.89. The Bertz CT molecular complexity index is 479. The molecule has 0 saturated carbocycles. The van der Waals surface area contributed by atoms with E-state index in [1.54, 1.807) is 12.5 Å². The number of furan rings is 1. The zero-order valence-electron chi connectivity index (χ0n) is 8.62. The van der Waals surface area contributed by atoms with E-state index in [0.29, 0.717) is 17.5 Å². The van der Waals surface area contributed by atoms with Gasteiger partial charge in [0.05, 0.1) is 17.8 Å². The minimum Gasteiger partial charge on any atom is -0.461 e. The van der Waals surface area contributed by atoms with Crippen molar-refractivity contribution in [2.24, 2.45) is 0 Å². The molecule has 0 unspecified atom stereocenters. The Kier molecular flexibility index (Phi) is 2.73. The summed E-state index contributed by atoms with van der Waals surface area (Å²) in [5.41, 5.74) is 2.87. The second kappa shape index (κ2) is 4.03. The first kappa shape index (κ1) is 10.2. The minimum atomic E-state index is 0.390. The van der Waals surface area contributed by atoms with E-state index in [1.807, 2.05) is 19.9 Å². The molecule has 0 spiro atoms. The van der Waals surface area contributed by atoms with E-state index in [-0.39, 0.29) is 0 Å². The molecule has 15 heavy (non-hydrogen) atoms. The van der Waals surface area contributed by atoms with Crippen LogP contribution in [-0.4, -0.2) is 9.97 Å². The molecule has 0 aromatic carbocycles. The average Bonchev–Trinajstić information content (AvgIpc) is 2.65. The van der Waals surface area contributed by atoms with Crippen molar-refractivity contribution in [1.82, 2.24) is 9.97 Å². The fourth-order valence-corrected chi connectivity index (χ4v) is 1.59. The van der Waals surface area contributed by atoms with Crippen molar-refractivity contribution in [2.75, 3.05) is 0 Å². The first-order chi connectivity index (χ1) is 7.22. The van der Waals surface area contributed by atoms with Crippen molar-refractivity contribution >= 4 is 11.6 Å². The van der Waals surface area contributed by atoms with Crippen LogP contribution in [0.1, 0.15) is 16.8 Å². The highest BCUT2D eigenvalue weighted by Crippen LogP contribution is 2.21. The maximum absolute atomic E-state index is 5.78. The maximum Gasteiger partial charge on any atom is 0.196 e. The number of rotatable bonds is 2. The number of halogens is 1. The molecule has 0 fully saturated rings. The summed E-state index contributed by atoms with van der Waals surface area (Å²) in [4.78, 5) is 8.58. The fourth-order valence-electron chi connectivity index (χ4n) is 1.32. The van der Waals surface area contributed by atoms with Gasteiger partial charge in [-0.15, -0.1) is 11.6 Å². The lowest BCUT2D eigenvalue weighted by Gasteiger charge is -2.02. The third-order valence-corrected chi connectivity index (χ3v) is 2.52. The van der Waals surface area contributed by atoms with Crippen LogP contribution >= 0.6 is 11.6 Å². The maximum atomic E-state index is 5.78. The Labute approximate surface area is 93.1 Å². The van der Waals surface area contributed by atoms with Crippen molar-refractivity contribution in [3.63, 3.8) is 0 Å². The molecule has 2 heterocycles. The van der Waals surface area contributed by atoms with Crippen molar-refractivity contribution in [3.8, 4) is 11.6 Å². The molecular formula is C11H11ClN2O. The van der Waals surface area contributed by atoms with Crippen molar-refractivity contribution in [1.29, 1.82) is 0 Å². The monoisotopic (exact) mass is 222 g/mol. The lowest BCUT2D eigenvalue weighted by molar-refractivity contribution is 0.575. The molecule has 0 atom stereocenters. The molecule has 2 rings (SSSR count). The fraction of sp³-hybridized carbons (Fsp3) is 0.273. The first-order valence-corrected chi connectivity index (χ1v) is 5.18. The van der Waals surface area contributed by atoms with Gasteiger partial charge in [-0.05, 0) is 31.0 Å². The molecule has 0 saturated heterocycles. The van der Waals surface area contributed by atoms with Crippen LogP contribution in [0.4, 0.5) is 0 Å². The van der Waals surface area contributed by atoms with E-state index < -0.39 is 0 Å². The average molecular weight is 223 g/mol. The lowest BCUT2D eigenvalue weighted by Crippen LogP contribution is -1.96. The van der Waals surface area contributed by atoms with Gasteiger partial charge in [0.25, 0.3) is 0 Å². The molecule has 3 nitrogen and oxygen atoms in total. The molecule has 4 heteroatoms. The van der Waals surface area contributed by atoms with Gasteiger partial charge in [0, 0.05) is 6.20 Å². The third kappa shape index (κ3) is 1.88. The Morgan fingerprint density at radius 1 is 1.33 bits per heavy atom. The topological polar surface area (TPSA) is 38.9 Å². The predicted molar refractivity (Wildman–Crippen MR) is 58.8 cm³/mol. The second-order valence-electron chi connectivity index (χ2n) is 3.39. The molecule has 2 aromatic heterocycles. The Morgan fingerprint density at radius 3 is 2.73 bits per heavy atom. The largest absolute Gasteiger partial charge is 0.461 e. The quantitative estimate of drug-likeness (QED) is 0.733. The lowest BCUT2D eigenvalue weighted by atomic mass is 10.2. The second-order valence-corrected chi connectivity index (χ2v) is 3.66. The predicted octanol–water partition coefficient (Wildman–Crippen LogP) is 3.09. The molecule has 0 aliphatic carbocycles. The van der Waals surface area contributed by atoms with Crippen LogP contribution in [0.2, 0.25) is 0 Å². The molecule has 0 radical (unpaired) electrons. The van der Waals surface area contributed by atoms with Crippen LogP contribution in [0.5, 0.6) is 0 Å². The molecule has 0 aliphatic rings. The van der Waals surface area contributed by atoms with Gasteiger partial charge >= 0.3 is 0 Å². The normalized spacial score (nSPS) is 10.6. The van der Waals surface area contributed by atoms with Crippen LogP contribution in [0.15, 0.2) is 22.9 Å². The Balaban J connectivity index is 2.51. The zero-order chi connectivity index (χ0) is 10.8. The molecule has 0 N–H and O–H groups in total. The summed E-state index contributed by atoms with van der Waals surface area (Å²) in [5.74, 6) is 1.70. The summed E-state index contributed by atoms with van der Waals surface area (Å²) in [6.07, 6.45) is 3.40. The summed E-state index contributed by atoms with van der Waals surface area (Å²) >= 11 is 5.78. The van der Waals surface area contributed by atoms with E-state index in [9.17, 15) is 0 Å². The number of aromatic nitrogens is 2. The van der Waals surface area contributed by atoms with E-state index in [4.69, 9.17) is 16.0 Å². The third-order valence-electron chi connectivity index (χ3n) is 2.27. The molecule has 2 aromatic rings. The van der Waals surface area contributed by atoms with E-state index >= 15 is 0 Å². The highest BCUT2D eigenvalue weighted by atomic mass is 35.5. The standard InChI is InChI=1S/C11H11ClN2O/c1-7-3-4-15-10(7)11-13-6-8(2)9(5-12)14-11/h3-4,6H,5H2,1-2H3. The summed E-state index contributed by atoms with van der Waals surface area (Å²) in [6.45, 7) is 3.90. The number of nitrogens with zero attached hydrogens (tertiary/aromatic N) is 2. The highest BCUT2D eigenvalue weighted by Gasteiger charge is 2.10. The van der Waals surface area contributed by atoms with Gasteiger partial charge in [0.1, 0.15) is 0 Å². The van der Waals surface area contributed by atoms with Crippen LogP contribution in [0.25, 0.3) is 11.6 Å². The Morgan fingerprint density at radius 2 is 2.13 bits per heavy atom. The van der Waals surface area contributed by atoms with Crippen molar-refractivity contribution < 1.29 is 4.42 Å². The smallest absolute Gasteiger partial charge is 0.196 e. The van der Waals surface area contributed by atoms with Gasteiger partial charge in [-0.25, -0.2) is 9.97 Å². The molecule has 0 amide bonds. The van der Waals surface area contributed by atoms with Gasteiger partial charge < -0.3 is 4.42 Å².